The lowest BCUT2D eigenvalue weighted by molar-refractivity contribution is 0.525. The molecule has 1 unspecified atom stereocenters. The fourth-order valence-electron chi connectivity index (χ4n) is 3.01. The van der Waals surface area contributed by atoms with Gasteiger partial charge in [-0.2, -0.15) is 0 Å². The summed E-state index contributed by atoms with van der Waals surface area (Å²) < 4.78 is 0. The number of hydrogen-bond acceptors (Lipinski definition) is 1. The van der Waals surface area contributed by atoms with Gasteiger partial charge < -0.3 is 5.32 Å². The summed E-state index contributed by atoms with van der Waals surface area (Å²) in [6, 6.07) is 6.89. The second-order valence-corrected chi connectivity index (χ2v) is 4.53. The van der Waals surface area contributed by atoms with Gasteiger partial charge in [-0.25, -0.2) is 0 Å². The number of benzene rings is 1. The predicted octanol–water partition coefficient (Wildman–Crippen LogP) is 2.67. The molecule has 0 fully saturated rings. The van der Waals surface area contributed by atoms with E-state index in [4.69, 9.17) is 0 Å². The van der Waals surface area contributed by atoms with Crippen molar-refractivity contribution in [2.24, 2.45) is 0 Å². The van der Waals surface area contributed by atoms with Crippen molar-refractivity contribution in [1.82, 2.24) is 5.32 Å². The zero-order valence-corrected chi connectivity index (χ0v) is 9.78. The van der Waals surface area contributed by atoms with Gasteiger partial charge in [-0.3, -0.25) is 0 Å². The molecule has 1 aliphatic carbocycles. The highest BCUT2D eigenvalue weighted by Gasteiger charge is 2.24. The first-order valence-electron chi connectivity index (χ1n) is 5.76. The lowest BCUT2D eigenvalue weighted by atomic mass is 9.80. The minimum Gasteiger partial charge on any atom is -0.316 e. The van der Waals surface area contributed by atoms with E-state index in [2.05, 4.69) is 23.5 Å². The molecular formula is C13H18ClN. The molecule has 15 heavy (non-hydrogen) atoms. The summed E-state index contributed by atoms with van der Waals surface area (Å²) in [6.07, 6.45) is 5.29. The van der Waals surface area contributed by atoms with Crippen molar-refractivity contribution >= 4 is 12.4 Å². The van der Waals surface area contributed by atoms with Crippen LogP contribution >= 0.6 is 12.4 Å². The molecule has 0 aromatic heterocycles. The van der Waals surface area contributed by atoms with E-state index in [0.717, 1.165) is 12.5 Å². The molecule has 2 aliphatic rings. The van der Waals surface area contributed by atoms with Gasteiger partial charge >= 0.3 is 0 Å². The standard InChI is InChI=1S/C13H17N.ClH/c1-3-10-4-2-6-12-9-14-8-7-11(5-1)13(10)12;/h1,3,5,12,14H,2,4,6-9H2;1H. The summed E-state index contributed by atoms with van der Waals surface area (Å²) in [5.74, 6) is 0.803. The third kappa shape index (κ3) is 1.91. The monoisotopic (exact) mass is 223 g/mol. The fraction of sp³-hybridized carbons (Fsp3) is 0.538. The maximum atomic E-state index is 3.56. The molecule has 0 amide bonds. The average Bonchev–Trinajstić information content (AvgIpc) is 2.44. The summed E-state index contributed by atoms with van der Waals surface area (Å²) in [6.45, 7) is 2.36. The Kier molecular flexibility index (Phi) is 3.32. The van der Waals surface area contributed by atoms with Crippen molar-refractivity contribution in [3.63, 3.8) is 0 Å². The van der Waals surface area contributed by atoms with Gasteiger partial charge in [0.05, 0.1) is 0 Å². The minimum absolute atomic E-state index is 0. The maximum absolute atomic E-state index is 3.56. The Morgan fingerprint density at radius 1 is 1.13 bits per heavy atom. The zero-order chi connectivity index (χ0) is 9.38. The van der Waals surface area contributed by atoms with Gasteiger partial charge in [0.25, 0.3) is 0 Å². The van der Waals surface area contributed by atoms with Crippen molar-refractivity contribution in [2.75, 3.05) is 13.1 Å². The van der Waals surface area contributed by atoms with E-state index in [9.17, 15) is 0 Å². The van der Waals surface area contributed by atoms with Crippen LogP contribution in [0, 0.1) is 0 Å². The maximum Gasteiger partial charge on any atom is 0.00204 e. The van der Waals surface area contributed by atoms with Crippen molar-refractivity contribution in [2.45, 2.75) is 31.6 Å². The van der Waals surface area contributed by atoms with Gasteiger partial charge in [0.1, 0.15) is 0 Å². The highest BCUT2D eigenvalue weighted by molar-refractivity contribution is 5.85. The van der Waals surface area contributed by atoms with Gasteiger partial charge in [0, 0.05) is 6.54 Å². The number of halogens is 1. The smallest absolute Gasteiger partial charge is 0.00204 e. The molecule has 0 spiro atoms. The molecule has 3 rings (SSSR count). The molecule has 2 heteroatoms. The van der Waals surface area contributed by atoms with Gasteiger partial charge in [-0.05, 0) is 54.8 Å². The minimum atomic E-state index is 0. The third-order valence-corrected chi connectivity index (χ3v) is 3.66. The van der Waals surface area contributed by atoms with Crippen LogP contribution in [0.5, 0.6) is 0 Å². The van der Waals surface area contributed by atoms with E-state index in [-0.39, 0.29) is 12.4 Å². The van der Waals surface area contributed by atoms with Crippen molar-refractivity contribution < 1.29 is 0 Å². The molecule has 0 saturated heterocycles. The molecule has 1 aliphatic heterocycles. The Hall–Kier alpha value is -0.530. The molecule has 1 N–H and O–H groups in total. The van der Waals surface area contributed by atoms with Crippen molar-refractivity contribution in [3.8, 4) is 0 Å². The largest absolute Gasteiger partial charge is 0.316 e. The summed E-state index contributed by atoms with van der Waals surface area (Å²) in [5, 5.41) is 3.56. The Labute approximate surface area is 97.7 Å². The Morgan fingerprint density at radius 2 is 1.93 bits per heavy atom. The second-order valence-electron chi connectivity index (χ2n) is 4.53. The first kappa shape index (κ1) is 11.0. The number of aryl methyl sites for hydroxylation is 1. The molecule has 0 saturated carbocycles. The molecule has 1 heterocycles. The zero-order valence-electron chi connectivity index (χ0n) is 8.96. The lowest BCUT2D eigenvalue weighted by Crippen LogP contribution is -2.22. The predicted molar refractivity (Wildman–Crippen MR) is 65.9 cm³/mol. The quantitative estimate of drug-likeness (QED) is 0.713. The molecular weight excluding hydrogens is 206 g/mol. The number of nitrogens with one attached hydrogen (secondary N) is 1. The van der Waals surface area contributed by atoms with Crippen LogP contribution in [0.3, 0.4) is 0 Å². The Balaban J connectivity index is 0.000000853. The summed E-state index contributed by atoms with van der Waals surface area (Å²) in [7, 11) is 0. The topological polar surface area (TPSA) is 12.0 Å². The van der Waals surface area contributed by atoms with Crippen LogP contribution in [0.2, 0.25) is 0 Å². The molecule has 0 radical (unpaired) electrons. The van der Waals surface area contributed by atoms with E-state index in [1.54, 1.807) is 16.7 Å². The lowest BCUT2D eigenvalue weighted by Gasteiger charge is -2.25. The van der Waals surface area contributed by atoms with Gasteiger partial charge in [0.2, 0.25) is 0 Å². The molecule has 0 bridgehead atoms. The first-order chi connectivity index (χ1) is 6.95. The third-order valence-electron chi connectivity index (χ3n) is 3.66. The van der Waals surface area contributed by atoms with E-state index in [1.165, 1.54) is 32.2 Å². The Morgan fingerprint density at radius 3 is 2.80 bits per heavy atom. The van der Waals surface area contributed by atoms with Gasteiger partial charge in [0.15, 0.2) is 0 Å². The van der Waals surface area contributed by atoms with Gasteiger partial charge in [-0.15, -0.1) is 12.4 Å². The number of hydrogen-bond donors (Lipinski definition) is 1. The van der Waals surface area contributed by atoms with Crippen molar-refractivity contribution in [1.29, 1.82) is 0 Å². The molecule has 1 aromatic rings. The fourth-order valence-corrected chi connectivity index (χ4v) is 3.01. The summed E-state index contributed by atoms with van der Waals surface area (Å²) in [5.41, 5.74) is 4.93. The van der Waals surface area contributed by atoms with Crippen LogP contribution in [-0.2, 0) is 12.8 Å². The van der Waals surface area contributed by atoms with Crippen LogP contribution in [0.1, 0.15) is 35.4 Å². The SMILES string of the molecule is Cl.c1cc2c3c(c1)CCNCC3CCC2. The highest BCUT2D eigenvalue weighted by atomic mass is 35.5. The highest BCUT2D eigenvalue weighted by Crippen LogP contribution is 2.34. The van der Waals surface area contributed by atoms with Gasteiger partial charge in [-0.1, -0.05) is 18.2 Å². The summed E-state index contributed by atoms with van der Waals surface area (Å²) in [4.78, 5) is 0. The van der Waals surface area contributed by atoms with Crippen LogP contribution < -0.4 is 5.32 Å². The molecule has 1 aromatic carbocycles. The van der Waals surface area contributed by atoms with E-state index in [1.807, 2.05) is 0 Å². The van der Waals surface area contributed by atoms with Crippen LogP contribution in [-0.4, -0.2) is 13.1 Å². The normalized spacial score (nSPS) is 23.6. The molecule has 82 valence electrons. The Bertz CT molecular complexity index is 348. The van der Waals surface area contributed by atoms with E-state index in [0.29, 0.717) is 0 Å². The van der Waals surface area contributed by atoms with Crippen LogP contribution in [0.25, 0.3) is 0 Å². The summed E-state index contributed by atoms with van der Waals surface area (Å²) >= 11 is 0. The first-order valence-corrected chi connectivity index (χ1v) is 5.76. The van der Waals surface area contributed by atoms with E-state index >= 15 is 0 Å². The average molecular weight is 224 g/mol. The van der Waals surface area contributed by atoms with Crippen LogP contribution in [0.4, 0.5) is 0 Å². The van der Waals surface area contributed by atoms with E-state index < -0.39 is 0 Å². The number of rotatable bonds is 0. The molecule has 1 atom stereocenters. The second kappa shape index (κ2) is 4.54. The van der Waals surface area contributed by atoms with Crippen molar-refractivity contribution in [3.05, 3.63) is 34.9 Å². The van der Waals surface area contributed by atoms with Crippen LogP contribution in [0.15, 0.2) is 18.2 Å². The molecule has 1 nitrogen and oxygen atoms in total.